The van der Waals surface area contributed by atoms with Crippen LogP contribution in [0.4, 0.5) is 0 Å². The molecule has 1 saturated heterocycles. The molecule has 0 aromatic carbocycles. The topological polar surface area (TPSA) is 66.6 Å². The molecule has 1 rings (SSSR count). The van der Waals surface area contributed by atoms with E-state index >= 15 is 0 Å². The number of β-amino-alcohol motifs (C(OH)–C–C–N with tert-alkyl or cyclic N) is 1. The summed E-state index contributed by atoms with van der Waals surface area (Å²) in [6, 6.07) is 0. The lowest BCUT2D eigenvalue weighted by Crippen LogP contribution is -2.50. The SMILES string of the molecule is CC(CCN)C(=O)N1CCCC(C)(O)C1. The Kier molecular flexibility index (Phi) is 4.11. The van der Waals surface area contributed by atoms with E-state index in [9.17, 15) is 9.90 Å². The van der Waals surface area contributed by atoms with Crippen LogP contribution in [0.5, 0.6) is 0 Å². The van der Waals surface area contributed by atoms with Gasteiger partial charge in [0.25, 0.3) is 0 Å². The highest BCUT2D eigenvalue weighted by Crippen LogP contribution is 2.22. The summed E-state index contributed by atoms with van der Waals surface area (Å²) in [5.74, 6) is 0.101. The van der Waals surface area contributed by atoms with E-state index in [-0.39, 0.29) is 11.8 Å². The maximum atomic E-state index is 11.9. The van der Waals surface area contributed by atoms with Gasteiger partial charge < -0.3 is 15.7 Å². The summed E-state index contributed by atoms with van der Waals surface area (Å²) in [6.45, 7) is 5.46. The monoisotopic (exact) mass is 214 g/mol. The van der Waals surface area contributed by atoms with Crippen LogP contribution in [0.15, 0.2) is 0 Å². The lowest BCUT2D eigenvalue weighted by atomic mass is 9.94. The number of rotatable bonds is 3. The lowest BCUT2D eigenvalue weighted by Gasteiger charge is -2.38. The smallest absolute Gasteiger partial charge is 0.225 e. The number of carbonyl (C=O) groups is 1. The number of nitrogens with zero attached hydrogens (tertiary/aromatic N) is 1. The molecule has 88 valence electrons. The molecule has 1 fully saturated rings. The van der Waals surface area contributed by atoms with Gasteiger partial charge >= 0.3 is 0 Å². The Morgan fingerprint density at radius 2 is 2.33 bits per heavy atom. The molecule has 0 bridgehead atoms. The van der Waals surface area contributed by atoms with Crippen molar-refractivity contribution in [3.05, 3.63) is 0 Å². The van der Waals surface area contributed by atoms with Gasteiger partial charge in [-0.05, 0) is 32.7 Å². The Morgan fingerprint density at radius 3 is 2.87 bits per heavy atom. The molecule has 0 aromatic rings. The van der Waals surface area contributed by atoms with Crippen molar-refractivity contribution >= 4 is 5.91 Å². The molecule has 0 spiro atoms. The standard InChI is InChI=1S/C11H22N2O2/c1-9(4-6-12)10(14)13-7-3-5-11(2,15)8-13/h9,15H,3-8,12H2,1-2H3. The number of likely N-dealkylation sites (tertiary alicyclic amines) is 1. The predicted molar refractivity (Wildman–Crippen MR) is 59.3 cm³/mol. The van der Waals surface area contributed by atoms with Gasteiger partial charge in [0, 0.05) is 19.0 Å². The first-order chi connectivity index (χ1) is 6.96. The molecule has 4 heteroatoms. The molecule has 0 radical (unpaired) electrons. The van der Waals surface area contributed by atoms with E-state index in [2.05, 4.69) is 0 Å². The largest absolute Gasteiger partial charge is 0.388 e. The van der Waals surface area contributed by atoms with Crippen LogP contribution in [-0.4, -0.2) is 41.1 Å². The Bertz CT molecular complexity index is 229. The van der Waals surface area contributed by atoms with Crippen LogP contribution < -0.4 is 5.73 Å². The molecule has 2 unspecified atom stereocenters. The minimum atomic E-state index is -0.712. The fourth-order valence-corrected chi connectivity index (χ4v) is 2.09. The quantitative estimate of drug-likeness (QED) is 0.712. The molecule has 15 heavy (non-hydrogen) atoms. The normalized spacial score (nSPS) is 28.9. The molecule has 3 N–H and O–H groups in total. The highest BCUT2D eigenvalue weighted by Gasteiger charge is 2.32. The molecule has 0 aliphatic carbocycles. The number of aliphatic hydroxyl groups is 1. The van der Waals surface area contributed by atoms with Gasteiger partial charge in [-0.15, -0.1) is 0 Å². The van der Waals surface area contributed by atoms with Gasteiger partial charge in [-0.3, -0.25) is 4.79 Å². The number of nitrogens with two attached hydrogens (primary N) is 1. The van der Waals surface area contributed by atoms with Crippen molar-refractivity contribution in [3.8, 4) is 0 Å². The van der Waals surface area contributed by atoms with Gasteiger partial charge in [0.05, 0.1) is 5.60 Å². The number of carbonyl (C=O) groups excluding carboxylic acids is 1. The van der Waals surface area contributed by atoms with Crippen LogP contribution in [0.25, 0.3) is 0 Å². The first-order valence-electron chi connectivity index (χ1n) is 5.67. The van der Waals surface area contributed by atoms with E-state index in [1.807, 2.05) is 6.92 Å². The minimum Gasteiger partial charge on any atom is -0.388 e. The number of hydrogen-bond donors (Lipinski definition) is 2. The third-order valence-electron chi connectivity index (χ3n) is 3.01. The molecule has 1 amide bonds. The first kappa shape index (κ1) is 12.5. The van der Waals surface area contributed by atoms with E-state index in [4.69, 9.17) is 5.73 Å². The average molecular weight is 214 g/mol. The van der Waals surface area contributed by atoms with Crippen LogP contribution in [0.1, 0.15) is 33.1 Å². The summed E-state index contributed by atoms with van der Waals surface area (Å²) in [5, 5.41) is 9.89. The highest BCUT2D eigenvalue weighted by molar-refractivity contribution is 5.78. The van der Waals surface area contributed by atoms with Crippen molar-refractivity contribution in [3.63, 3.8) is 0 Å². The average Bonchev–Trinajstić information content (AvgIpc) is 2.15. The van der Waals surface area contributed by atoms with Crippen molar-refractivity contribution in [2.75, 3.05) is 19.6 Å². The molecule has 1 aliphatic rings. The maximum absolute atomic E-state index is 11.9. The molecule has 4 nitrogen and oxygen atoms in total. The first-order valence-corrected chi connectivity index (χ1v) is 5.67. The van der Waals surface area contributed by atoms with Crippen LogP contribution >= 0.6 is 0 Å². The molecule has 2 atom stereocenters. The number of amides is 1. The van der Waals surface area contributed by atoms with Crippen molar-refractivity contribution in [2.45, 2.75) is 38.7 Å². The second-order valence-corrected chi connectivity index (χ2v) is 4.84. The Balaban J connectivity index is 2.52. The molecular formula is C11H22N2O2. The minimum absolute atomic E-state index is 0.0242. The Morgan fingerprint density at radius 1 is 1.67 bits per heavy atom. The van der Waals surface area contributed by atoms with Gasteiger partial charge in [0.2, 0.25) is 5.91 Å². The van der Waals surface area contributed by atoms with Crippen LogP contribution in [0.2, 0.25) is 0 Å². The Labute approximate surface area is 91.4 Å². The van der Waals surface area contributed by atoms with Crippen molar-refractivity contribution in [1.82, 2.24) is 4.90 Å². The second kappa shape index (κ2) is 4.94. The van der Waals surface area contributed by atoms with Crippen LogP contribution in [0, 0.1) is 5.92 Å². The van der Waals surface area contributed by atoms with Gasteiger partial charge in [-0.1, -0.05) is 6.92 Å². The van der Waals surface area contributed by atoms with Gasteiger partial charge in [0.1, 0.15) is 0 Å². The summed E-state index contributed by atoms with van der Waals surface area (Å²) in [4.78, 5) is 13.7. The van der Waals surface area contributed by atoms with E-state index in [1.165, 1.54) is 0 Å². The molecule has 0 saturated carbocycles. The zero-order valence-corrected chi connectivity index (χ0v) is 9.70. The van der Waals surface area contributed by atoms with Gasteiger partial charge in [-0.25, -0.2) is 0 Å². The van der Waals surface area contributed by atoms with Gasteiger partial charge in [0.15, 0.2) is 0 Å². The van der Waals surface area contributed by atoms with Crippen molar-refractivity contribution in [1.29, 1.82) is 0 Å². The molecular weight excluding hydrogens is 192 g/mol. The summed E-state index contributed by atoms with van der Waals surface area (Å²) in [7, 11) is 0. The zero-order valence-electron chi connectivity index (χ0n) is 9.70. The predicted octanol–water partition coefficient (Wildman–Crippen LogP) is 0.345. The summed E-state index contributed by atoms with van der Waals surface area (Å²) >= 11 is 0. The van der Waals surface area contributed by atoms with Crippen LogP contribution in [0.3, 0.4) is 0 Å². The summed E-state index contributed by atoms with van der Waals surface area (Å²) in [5.41, 5.74) is 4.72. The molecule has 1 heterocycles. The summed E-state index contributed by atoms with van der Waals surface area (Å²) in [6.07, 6.45) is 2.38. The highest BCUT2D eigenvalue weighted by atomic mass is 16.3. The maximum Gasteiger partial charge on any atom is 0.225 e. The van der Waals surface area contributed by atoms with E-state index in [0.29, 0.717) is 13.1 Å². The van der Waals surface area contributed by atoms with Crippen molar-refractivity contribution in [2.24, 2.45) is 11.7 Å². The third kappa shape index (κ3) is 3.47. The molecule has 1 aliphatic heterocycles. The summed E-state index contributed by atoms with van der Waals surface area (Å²) < 4.78 is 0. The fourth-order valence-electron chi connectivity index (χ4n) is 2.09. The zero-order chi connectivity index (χ0) is 11.5. The third-order valence-corrected chi connectivity index (χ3v) is 3.01. The Hall–Kier alpha value is -0.610. The van der Waals surface area contributed by atoms with Crippen molar-refractivity contribution < 1.29 is 9.90 Å². The molecule has 0 aromatic heterocycles. The lowest BCUT2D eigenvalue weighted by molar-refractivity contribution is -0.141. The second-order valence-electron chi connectivity index (χ2n) is 4.84. The van der Waals surface area contributed by atoms with Gasteiger partial charge in [-0.2, -0.15) is 0 Å². The van der Waals surface area contributed by atoms with E-state index in [0.717, 1.165) is 25.8 Å². The van der Waals surface area contributed by atoms with E-state index in [1.54, 1.807) is 11.8 Å². The number of hydrogen-bond acceptors (Lipinski definition) is 3. The number of piperidine rings is 1. The van der Waals surface area contributed by atoms with Crippen LogP contribution in [-0.2, 0) is 4.79 Å². The van der Waals surface area contributed by atoms with E-state index < -0.39 is 5.60 Å². The fraction of sp³-hybridized carbons (Fsp3) is 0.909.